The first-order valence-electron chi connectivity index (χ1n) is 11.6. The van der Waals surface area contributed by atoms with Gasteiger partial charge in [-0.1, -0.05) is 63.6 Å². The van der Waals surface area contributed by atoms with Gasteiger partial charge in [-0.25, -0.2) is 0 Å². The monoisotopic (exact) mass is 432 g/mol. The summed E-state index contributed by atoms with van der Waals surface area (Å²) in [6.07, 6.45) is 0. The third-order valence-corrected chi connectivity index (χ3v) is 6.59. The van der Waals surface area contributed by atoms with Crippen LogP contribution in [0.3, 0.4) is 0 Å². The number of fused-ring (bicyclic) bond motifs is 2. The molecule has 0 N–H and O–H groups in total. The van der Waals surface area contributed by atoms with Crippen LogP contribution < -0.4 is 5.43 Å². The lowest BCUT2D eigenvalue weighted by atomic mass is 9.95. The average Bonchev–Trinajstić information content (AvgIpc) is 3.07. The highest BCUT2D eigenvalue weighted by Crippen LogP contribution is 2.38. The van der Waals surface area contributed by atoms with E-state index in [1.165, 1.54) is 5.56 Å². The molecule has 5 heteroatoms. The fraction of sp³-hybridized carbons (Fsp3) is 0.407. The van der Waals surface area contributed by atoms with Gasteiger partial charge in [0.2, 0.25) is 5.76 Å². The van der Waals surface area contributed by atoms with Crippen molar-refractivity contribution in [3.8, 4) is 0 Å². The Hall–Kier alpha value is -2.92. The van der Waals surface area contributed by atoms with Crippen LogP contribution >= 0.6 is 0 Å². The molecule has 1 aliphatic rings. The van der Waals surface area contributed by atoms with E-state index in [1.807, 2.05) is 36.1 Å². The number of rotatable bonds is 7. The zero-order valence-corrected chi connectivity index (χ0v) is 19.6. The van der Waals surface area contributed by atoms with Crippen molar-refractivity contribution in [3.05, 3.63) is 80.7 Å². The first-order chi connectivity index (χ1) is 15.3. The van der Waals surface area contributed by atoms with E-state index in [0.717, 1.165) is 30.8 Å². The summed E-state index contributed by atoms with van der Waals surface area (Å²) in [6.45, 7) is 13.6. The van der Waals surface area contributed by atoms with Gasteiger partial charge in [0, 0.05) is 13.1 Å². The molecule has 0 radical (unpaired) electrons. The Bertz CT molecular complexity index is 1190. The van der Waals surface area contributed by atoms with E-state index in [0.29, 0.717) is 29.0 Å². The fourth-order valence-corrected chi connectivity index (χ4v) is 4.56. The average molecular weight is 433 g/mol. The number of aryl methyl sites for hydroxylation is 1. The molecule has 1 atom stereocenters. The molecule has 0 fully saturated rings. The smallest absolute Gasteiger partial charge is 0.290 e. The Morgan fingerprint density at radius 2 is 1.72 bits per heavy atom. The molecular weight excluding hydrogens is 400 g/mol. The van der Waals surface area contributed by atoms with Gasteiger partial charge in [0.15, 0.2) is 5.43 Å². The predicted octanol–water partition coefficient (Wildman–Crippen LogP) is 5.11. The SMILES string of the molecule is CCN(CC)CCN1C(=O)c2oc3ccc(C)cc3c(=O)c2C1c1ccc(C(C)C)cc1. The summed E-state index contributed by atoms with van der Waals surface area (Å²) in [5, 5.41) is 0.533. The van der Waals surface area contributed by atoms with Crippen LogP contribution in [0.5, 0.6) is 0 Å². The predicted molar refractivity (Wildman–Crippen MR) is 128 cm³/mol. The normalized spacial score (nSPS) is 15.9. The highest BCUT2D eigenvalue weighted by atomic mass is 16.3. The first kappa shape index (κ1) is 22.3. The molecule has 0 saturated carbocycles. The van der Waals surface area contributed by atoms with Gasteiger partial charge in [0.05, 0.1) is 17.0 Å². The number of carbonyl (C=O) groups excluding carboxylic acids is 1. The number of nitrogens with zero attached hydrogens (tertiary/aromatic N) is 2. The van der Waals surface area contributed by atoms with E-state index in [-0.39, 0.29) is 17.1 Å². The van der Waals surface area contributed by atoms with Gasteiger partial charge >= 0.3 is 0 Å². The Morgan fingerprint density at radius 1 is 1.03 bits per heavy atom. The van der Waals surface area contributed by atoms with Crippen LogP contribution in [0.1, 0.15) is 72.5 Å². The number of carbonyl (C=O) groups is 1. The number of benzene rings is 2. The largest absolute Gasteiger partial charge is 0.450 e. The summed E-state index contributed by atoms with van der Waals surface area (Å²) < 4.78 is 6.05. The van der Waals surface area contributed by atoms with Crippen molar-refractivity contribution >= 4 is 16.9 Å². The number of hydrogen-bond donors (Lipinski definition) is 0. The van der Waals surface area contributed by atoms with Crippen molar-refractivity contribution in [3.63, 3.8) is 0 Å². The third kappa shape index (κ3) is 3.86. The molecule has 2 heterocycles. The maximum atomic E-state index is 13.6. The van der Waals surface area contributed by atoms with Gasteiger partial charge in [-0.2, -0.15) is 0 Å². The molecule has 32 heavy (non-hydrogen) atoms. The van der Waals surface area contributed by atoms with Crippen LogP contribution in [0, 0.1) is 6.92 Å². The number of amides is 1. The minimum atomic E-state index is -0.435. The van der Waals surface area contributed by atoms with E-state index in [9.17, 15) is 9.59 Å². The van der Waals surface area contributed by atoms with Crippen molar-refractivity contribution < 1.29 is 9.21 Å². The van der Waals surface area contributed by atoms with Gasteiger partial charge in [-0.3, -0.25) is 9.59 Å². The maximum absolute atomic E-state index is 13.6. The van der Waals surface area contributed by atoms with Crippen LogP contribution in [0.2, 0.25) is 0 Å². The lowest BCUT2D eigenvalue weighted by Gasteiger charge is -2.28. The van der Waals surface area contributed by atoms with Crippen molar-refractivity contribution in [2.24, 2.45) is 0 Å². The van der Waals surface area contributed by atoms with Gasteiger partial charge in [0.25, 0.3) is 5.91 Å². The van der Waals surface area contributed by atoms with Crippen LogP contribution in [-0.4, -0.2) is 41.9 Å². The Kier molecular flexibility index (Phi) is 6.20. The maximum Gasteiger partial charge on any atom is 0.290 e. The van der Waals surface area contributed by atoms with E-state index < -0.39 is 6.04 Å². The first-order valence-corrected chi connectivity index (χ1v) is 11.6. The van der Waals surface area contributed by atoms with Crippen LogP contribution in [0.25, 0.3) is 11.0 Å². The zero-order chi connectivity index (χ0) is 23.0. The molecule has 1 amide bonds. The molecule has 1 aromatic heterocycles. The highest BCUT2D eigenvalue weighted by Gasteiger charge is 2.42. The molecule has 1 unspecified atom stereocenters. The van der Waals surface area contributed by atoms with Crippen LogP contribution in [-0.2, 0) is 0 Å². The lowest BCUT2D eigenvalue weighted by Crippen LogP contribution is -2.37. The van der Waals surface area contributed by atoms with E-state index in [1.54, 1.807) is 6.07 Å². The minimum absolute atomic E-state index is 0.110. The van der Waals surface area contributed by atoms with E-state index in [4.69, 9.17) is 4.42 Å². The molecule has 4 rings (SSSR count). The molecular formula is C27H32N2O3. The summed E-state index contributed by atoms with van der Waals surface area (Å²) in [5.74, 6) is 0.394. The summed E-state index contributed by atoms with van der Waals surface area (Å²) in [6, 6.07) is 13.4. The van der Waals surface area contributed by atoms with E-state index in [2.05, 4.69) is 44.7 Å². The molecule has 0 bridgehead atoms. The molecule has 0 aliphatic carbocycles. The molecule has 1 aliphatic heterocycles. The number of hydrogen-bond acceptors (Lipinski definition) is 4. The van der Waals surface area contributed by atoms with Gasteiger partial charge in [0.1, 0.15) is 5.58 Å². The second-order valence-electron chi connectivity index (χ2n) is 8.92. The standard InChI is InChI=1S/C27H32N2O3/c1-6-28(7-2)14-15-29-24(20-11-9-19(10-12-20)17(3)4)23-25(30)21-16-18(5)8-13-22(21)32-26(23)27(29)31/h8-13,16-17,24H,6-7,14-15H2,1-5H3. The third-order valence-electron chi connectivity index (χ3n) is 6.59. The molecule has 0 spiro atoms. The van der Waals surface area contributed by atoms with Crippen molar-refractivity contribution in [1.82, 2.24) is 9.80 Å². The Balaban J connectivity index is 1.86. The molecule has 2 aromatic carbocycles. The molecule has 168 valence electrons. The number of likely N-dealkylation sites (N-methyl/N-ethyl adjacent to an activating group) is 1. The second-order valence-corrected chi connectivity index (χ2v) is 8.92. The topological polar surface area (TPSA) is 53.8 Å². The summed E-state index contributed by atoms with van der Waals surface area (Å²) in [5.41, 5.74) is 3.98. The van der Waals surface area contributed by atoms with Gasteiger partial charge in [-0.05, 0) is 49.2 Å². The summed E-state index contributed by atoms with van der Waals surface area (Å²) >= 11 is 0. The lowest BCUT2D eigenvalue weighted by molar-refractivity contribution is 0.0708. The summed E-state index contributed by atoms with van der Waals surface area (Å²) in [4.78, 5) is 31.2. The molecule has 0 saturated heterocycles. The van der Waals surface area contributed by atoms with Crippen molar-refractivity contribution in [2.45, 2.75) is 46.6 Å². The minimum Gasteiger partial charge on any atom is -0.450 e. The van der Waals surface area contributed by atoms with Crippen molar-refractivity contribution in [2.75, 3.05) is 26.2 Å². The van der Waals surface area contributed by atoms with Gasteiger partial charge in [-0.15, -0.1) is 0 Å². The highest BCUT2D eigenvalue weighted by molar-refractivity contribution is 5.99. The van der Waals surface area contributed by atoms with Crippen molar-refractivity contribution in [1.29, 1.82) is 0 Å². The quantitative estimate of drug-likeness (QED) is 0.520. The zero-order valence-electron chi connectivity index (χ0n) is 19.6. The summed E-state index contributed by atoms with van der Waals surface area (Å²) in [7, 11) is 0. The van der Waals surface area contributed by atoms with Crippen LogP contribution in [0.4, 0.5) is 0 Å². The van der Waals surface area contributed by atoms with Crippen LogP contribution in [0.15, 0.2) is 51.7 Å². The van der Waals surface area contributed by atoms with Gasteiger partial charge < -0.3 is 14.2 Å². The Morgan fingerprint density at radius 3 is 2.34 bits per heavy atom. The second kappa shape index (κ2) is 8.91. The molecule has 5 nitrogen and oxygen atoms in total. The molecule has 3 aromatic rings. The Labute approximate surface area is 189 Å². The fourth-order valence-electron chi connectivity index (χ4n) is 4.56. The van der Waals surface area contributed by atoms with E-state index >= 15 is 0 Å².